The number of rotatable bonds is 7. The topological polar surface area (TPSA) is 68.3 Å². The molecule has 0 fully saturated rings. The maximum Gasteiger partial charge on any atom is 0.251 e. The van der Waals surface area contributed by atoms with Gasteiger partial charge in [0, 0.05) is 6.54 Å². The van der Waals surface area contributed by atoms with Crippen molar-refractivity contribution in [1.82, 2.24) is 9.71 Å². The number of hydrogen-bond acceptors (Lipinski definition) is 5. The minimum Gasteiger partial charge on any atom is -0.494 e. The molecule has 2 aromatic rings. The normalized spacial score (nSPS) is 11.4. The van der Waals surface area contributed by atoms with Gasteiger partial charge in [0.15, 0.2) is 8.68 Å². The Balaban J connectivity index is 1.73. The van der Waals surface area contributed by atoms with Crippen molar-refractivity contribution in [2.45, 2.75) is 10.6 Å². The minimum atomic E-state index is -3.52. The monoisotopic (exact) mass is 332 g/mol. The van der Waals surface area contributed by atoms with Gasteiger partial charge >= 0.3 is 0 Å². The van der Waals surface area contributed by atoms with E-state index in [1.54, 1.807) is 0 Å². The van der Waals surface area contributed by atoms with Crippen LogP contribution >= 0.6 is 22.9 Å². The Labute approximate surface area is 126 Å². The average molecular weight is 333 g/mol. The molecule has 0 aliphatic carbocycles. The van der Waals surface area contributed by atoms with Gasteiger partial charge in [0.25, 0.3) is 10.0 Å². The molecule has 8 heteroatoms. The Bertz CT molecular complexity index is 644. The van der Waals surface area contributed by atoms with Crippen LogP contribution in [0.4, 0.5) is 0 Å². The maximum atomic E-state index is 11.8. The fourth-order valence-electron chi connectivity index (χ4n) is 1.42. The lowest BCUT2D eigenvalue weighted by atomic mass is 10.3. The van der Waals surface area contributed by atoms with Crippen molar-refractivity contribution in [2.75, 3.05) is 13.2 Å². The smallest absolute Gasteiger partial charge is 0.251 e. The molecule has 5 nitrogen and oxygen atoms in total. The summed E-state index contributed by atoms with van der Waals surface area (Å²) in [5, 5.41) is 0. The number of sulfonamides is 1. The zero-order valence-corrected chi connectivity index (χ0v) is 12.8. The van der Waals surface area contributed by atoms with Crippen molar-refractivity contribution in [1.29, 1.82) is 0 Å². The molecule has 1 aromatic heterocycles. The van der Waals surface area contributed by atoms with E-state index in [9.17, 15) is 8.42 Å². The molecule has 0 aliphatic heterocycles. The number of thiazole rings is 1. The molecule has 20 heavy (non-hydrogen) atoms. The van der Waals surface area contributed by atoms with Crippen LogP contribution in [0.25, 0.3) is 0 Å². The van der Waals surface area contributed by atoms with Crippen LogP contribution in [-0.4, -0.2) is 26.6 Å². The summed E-state index contributed by atoms with van der Waals surface area (Å²) in [4.78, 5) is 3.71. The lowest BCUT2D eigenvalue weighted by molar-refractivity contribution is 0.311. The van der Waals surface area contributed by atoms with Crippen molar-refractivity contribution >= 4 is 33.0 Å². The highest BCUT2D eigenvalue weighted by atomic mass is 35.5. The van der Waals surface area contributed by atoms with E-state index < -0.39 is 10.0 Å². The van der Waals surface area contributed by atoms with Crippen LogP contribution in [-0.2, 0) is 10.0 Å². The zero-order valence-electron chi connectivity index (χ0n) is 10.5. The third-order valence-corrected chi connectivity index (χ3v) is 5.38. The molecule has 0 amide bonds. The highest BCUT2D eigenvalue weighted by Gasteiger charge is 2.16. The second-order valence-electron chi connectivity index (χ2n) is 3.85. The van der Waals surface area contributed by atoms with Crippen molar-refractivity contribution in [2.24, 2.45) is 0 Å². The first-order valence-electron chi connectivity index (χ1n) is 5.87. The molecule has 0 unspecified atom stereocenters. The summed E-state index contributed by atoms with van der Waals surface area (Å²) in [5.41, 5.74) is 0. The molecule has 0 aliphatic rings. The first-order chi connectivity index (χ1) is 9.58. The molecule has 0 saturated carbocycles. The number of benzene rings is 1. The summed E-state index contributed by atoms with van der Waals surface area (Å²) in [6, 6.07) is 9.37. The number of aromatic nitrogens is 1. The maximum absolute atomic E-state index is 11.8. The number of halogens is 1. The summed E-state index contributed by atoms with van der Waals surface area (Å²) >= 11 is 6.54. The Hall–Kier alpha value is -1.15. The molecule has 108 valence electrons. The Kier molecular flexibility index (Phi) is 5.36. The molecule has 2 rings (SSSR count). The minimum absolute atomic E-state index is 0.117. The van der Waals surface area contributed by atoms with Crippen molar-refractivity contribution in [3.05, 3.63) is 41.0 Å². The van der Waals surface area contributed by atoms with Crippen molar-refractivity contribution in [3.63, 3.8) is 0 Å². The van der Waals surface area contributed by atoms with E-state index in [-0.39, 0.29) is 8.68 Å². The third-order valence-electron chi connectivity index (χ3n) is 2.35. The fraction of sp³-hybridized carbons (Fsp3) is 0.250. The molecule has 0 spiro atoms. The van der Waals surface area contributed by atoms with E-state index in [0.29, 0.717) is 19.6 Å². The summed E-state index contributed by atoms with van der Waals surface area (Å²) in [6.07, 6.45) is 1.82. The summed E-state index contributed by atoms with van der Waals surface area (Å²) in [7, 11) is -3.52. The highest BCUT2D eigenvalue weighted by molar-refractivity contribution is 7.91. The van der Waals surface area contributed by atoms with E-state index in [1.165, 1.54) is 6.20 Å². The number of para-hydroxylation sites is 1. The second kappa shape index (κ2) is 7.03. The predicted octanol–water partition coefficient (Wildman–Crippen LogP) is 2.54. The van der Waals surface area contributed by atoms with Crippen LogP contribution in [0.1, 0.15) is 6.42 Å². The first kappa shape index (κ1) is 15.2. The predicted molar refractivity (Wildman–Crippen MR) is 78.9 cm³/mol. The second-order valence-corrected chi connectivity index (χ2v) is 7.45. The number of ether oxygens (including phenoxy) is 1. The Morgan fingerprint density at radius 1 is 1.30 bits per heavy atom. The van der Waals surface area contributed by atoms with Crippen LogP contribution in [0.2, 0.25) is 4.47 Å². The van der Waals surface area contributed by atoms with Gasteiger partial charge in [-0.25, -0.2) is 18.1 Å². The van der Waals surface area contributed by atoms with E-state index in [4.69, 9.17) is 16.3 Å². The van der Waals surface area contributed by atoms with Crippen LogP contribution in [0.5, 0.6) is 5.75 Å². The quantitative estimate of drug-likeness (QED) is 0.791. The molecule has 0 bridgehead atoms. The first-order valence-corrected chi connectivity index (χ1v) is 8.54. The number of nitrogens with zero attached hydrogens (tertiary/aromatic N) is 1. The molecular formula is C12H13ClN2O3S2. The molecule has 0 saturated heterocycles. The molecule has 1 heterocycles. The van der Waals surface area contributed by atoms with Gasteiger partial charge in [-0.15, -0.1) is 0 Å². The van der Waals surface area contributed by atoms with Gasteiger partial charge in [0.1, 0.15) is 5.75 Å². The highest BCUT2D eigenvalue weighted by Crippen LogP contribution is 2.21. The molecule has 0 atom stereocenters. The molecule has 1 aromatic carbocycles. The van der Waals surface area contributed by atoms with E-state index in [1.807, 2.05) is 30.3 Å². The van der Waals surface area contributed by atoms with E-state index in [2.05, 4.69) is 9.71 Å². The summed E-state index contributed by atoms with van der Waals surface area (Å²) in [6.45, 7) is 0.737. The number of hydrogen-bond donors (Lipinski definition) is 1. The van der Waals surface area contributed by atoms with E-state index in [0.717, 1.165) is 17.1 Å². The van der Waals surface area contributed by atoms with Gasteiger partial charge < -0.3 is 4.74 Å². The standard InChI is InChI=1S/C12H13ClN2O3S2/c13-12-14-9-11(19-12)20(16,17)15-7-4-8-18-10-5-2-1-3-6-10/h1-3,5-6,9,15H,4,7-8H2. The van der Waals surface area contributed by atoms with Gasteiger partial charge in [-0.3, -0.25) is 0 Å². The van der Waals surface area contributed by atoms with Crippen LogP contribution in [0.3, 0.4) is 0 Å². The summed E-state index contributed by atoms with van der Waals surface area (Å²) in [5.74, 6) is 0.768. The largest absolute Gasteiger partial charge is 0.494 e. The van der Waals surface area contributed by atoms with E-state index >= 15 is 0 Å². The molecule has 0 radical (unpaired) electrons. The lowest BCUT2D eigenvalue weighted by Crippen LogP contribution is -2.25. The Morgan fingerprint density at radius 3 is 2.70 bits per heavy atom. The third kappa shape index (κ3) is 4.45. The van der Waals surface area contributed by atoms with Crippen LogP contribution in [0, 0.1) is 0 Å². The van der Waals surface area contributed by atoms with Crippen LogP contribution in [0.15, 0.2) is 40.7 Å². The number of nitrogens with one attached hydrogen (secondary N) is 1. The van der Waals surface area contributed by atoms with Gasteiger partial charge in [0.05, 0.1) is 12.8 Å². The molecular weight excluding hydrogens is 320 g/mol. The van der Waals surface area contributed by atoms with Gasteiger partial charge in [-0.05, 0) is 18.6 Å². The van der Waals surface area contributed by atoms with Crippen molar-refractivity contribution < 1.29 is 13.2 Å². The lowest BCUT2D eigenvalue weighted by Gasteiger charge is -2.06. The van der Waals surface area contributed by atoms with Gasteiger partial charge in [-0.1, -0.05) is 41.1 Å². The fourth-order valence-corrected chi connectivity index (χ4v) is 3.83. The van der Waals surface area contributed by atoms with Gasteiger partial charge in [0.2, 0.25) is 0 Å². The SMILES string of the molecule is O=S(=O)(NCCCOc1ccccc1)c1cnc(Cl)s1. The average Bonchev–Trinajstić information content (AvgIpc) is 2.87. The van der Waals surface area contributed by atoms with Crippen molar-refractivity contribution in [3.8, 4) is 5.75 Å². The summed E-state index contributed by atoms with van der Waals surface area (Å²) < 4.78 is 31.9. The zero-order chi connectivity index (χ0) is 14.4. The van der Waals surface area contributed by atoms with Gasteiger partial charge in [-0.2, -0.15) is 0 Å². The Morgan fingerprint density at radius 2 is 2.05 bits per heavy atom. The molecule has 1 N–H and O–H groups in total. The van der Waals surface area contributed by atoms with Crippen LogP contribution < -0.4 is 9.46 Å².